The number of esters is 1. The normalized spacial score (nSPS) is 15.6. The van der Waals surface area contributed by atoms with Gasteiger partial charge in [-0.15, -0.1) is 0 Å². The van der Waals surface area contributed by atoms with Gasteiger partial charge in [-0.25, -0.2) is 9.10 Å². The zero-order valence-electron chi connectivity index (χ0n) is 18.2. The van der Waals surface area contributed by atoms with Gasteiger partial charge in [0.1, 0.15) is 0 Å². The lowest BCUT2D eigenvalue weighted by Gasteiger charge is -2.39. The number of carbonyl (C=O) groups excluding carboxylic acids is 1. The van der Waals surface area contributed by atoms with Gasteiger partial charge in [0, 0.05) is 43.1 Å². The molecule has 1 aromatic carbocycles. The predicted molar refractivity (Wildman–Crippen MR) is 128 cm³/mol. The highest BCUT2D eigenvalue weighted by atomic mass is 35.5. The number of rotatable bonds is 6. The van der Waals surface area contributed by atoms with E-state index in [1.165, 1.54) is 7.11 Å². The number of hydrogen-bond donors (Lipinski definition) is 0. The van der Waals surface area contributed by atoms with Crippen LogP contribution in [0.1, 0.15) is 29.9 Å². The average Bonchev–Trinajstić information content (AvgIpc) is 2.78. The van der Waals surface area contributed by atoms with Crippen molar-refractivity contribution in [2.75, 3.05) is 44.6 Å². The Bertz CT molecular complexity index is 839. The van der Waals surface area contributed by atoms with Gasteiger partial charge in [0.25, 0.3) is 0 Å². The number of pyridine rings is 1. The number of hydrogen-bond acceptors (Lipinski definition) is 6. The number of methoxy groups -OCH3 is 1. The Hall–Kier alpha value is -1.93. The van der Waals surface area contributed by atoms with E-state index in [4.69, 9.17) is 16.3 Å². The molecule has 1 atom stereocenters. The number of ether oxygens (including phenoxy) is 1. The summed E-state index contributed by atoms with van der Waals surface area (Å²) in [5.74, 6) is 4.08. The molecule has 0 spiro atoms. The quantitative estimate of drug-likeness (QED) is 0.482. The van der Waals surface area contributed by atoms with E-state index in [1.54, 1.807) is 12.3 Å². The van der Waals surface area contributed by atoms with Crippen LogP contribution >= 0.6 is 22.5 Å². The molecule has 1 aliphatic rings. The van der Waals surface area contributed by atoms with Crippen LogP contribution in [-0.4, -0.2) is 66.4 Å². The van der Waals surface area contributed by atoms with Crippen molar-refractivity contribution in [3.05, 3.63) is 58.9 Å². The number of nitrogens with zero attached hydrogens (tertiary/aromatic N) is 4. The summed E-state index contributed by atoms with van der Waals surface area (Å²) in [5, 5.41) is 0.687. The van der Waals surface area contributed by atoms with E-state index in [1.807, 2.05) is 44.2 Å². The van der Waals surface area contributed by atoms with Gasteiger partial charge in [0.05, 0.1) is 24.9 Å². The molecule has 2 heterocycles. The van der Waals surface area contributed by atoms with Crippen LogP contribution in [0.25, 0.3) is 0 Å². The zero-order valence-corrected chi connectivity index (χ0v) is 19.7. The highest BCUT2D eigenvalue weighted by molar-refractivity contribution is 8.13. The van der Waals surface area contributed by atoms with Crippen molar-refractivity contribution < 1.29 is 9.53 Å². The molecule has 1 unspecified atom stereocenters. The summed E-state index contributed by atoms with van der Waals surface area (Å²) in [6.45, 7) is 8.55. The lowest BCUT2D eigenvalue weighted by molar-refractivity contribution is 0.0600. The molecule has 164 valence electrons. The summed E-state index contributed by atoms with van der Waals surface area (Å²) in [4.78, 5) is 18.4. The van der Waals surface area contributed by atoms with Crippen molar-refractivity contribution in [3.63, 3.8) is 0 Å². The Morgan fingerprint density at radius 3 is 2.50 bits per heavy atom. The molecule has 30 heavy (non-hydrogen) atoms. The number of piperazine rings is 1. The summed E-state index contributed by atoms with van der Waals surface area (Å²) >= 11 is 6.24. The summed E-state index contributed by atoms with van der Waals surface area (Å²) in [6, 6.07) is 11.4. The first-order chi connectivity index (χ1) is 14.5. The van der Waals surface area contributed by atoms with E-state index in [0.29, 0.717) is 17.1 Å². The van der Waals surface area contributed by atoms with Crippen molar-refractivity contribution in [2.24, 2.45) is 0 Å². The van der Waals surface area contributed by atoms with Gasteiger partial charge in [-0.05, 0) is 54.1 Å². The fourth-order valence-electron chi connectivity index (χ4n) is 2.96. The number of benzene rings is 1. The molecule has 1 aromatic heterocycles. The highest BCUT2D eigenvalue weighted by Crippen LogP contribution is 2.33. The average molecular weight is 451 g/mol. The molecule has 1 saturated heterocycles. The molecule has 0 N–H and O–H groups in total. The minimum Gasteiger partial charge on any atom is -0.465 e. The third-order valence-corrected chi connectivity index (χ3v) is 6.71. The second-order valence-corrected chi connectivity index (χ2v) is 8.69. The number of likely N-dealkylation sites (N-methyl/N-ethyl adjacent to an activating group) is 1. The molecule has 0 saturated carbocycles. The van der Waals surface area contributed by atoms with Gasteiger partial charge in [-0.2, -0.15) is 0 Å². The standard InChI is InChI=1S/C20H25ClN4O2S.C2H6/c1-23-9-11-24(12-10-23)28(3)25(19-6-4-5-17(21)13-19)15-18-8-7-16(14-22-18)20(26)27-2;1-2/h4-8,13-14H,3,9-12,15H2,1-2H3;1-2H3. The molecule has 3 rings (SSSR count). The van der Waals surface area contributed by atoms with Crippen LogP contribution in [0.15, 0.2) is 42.6 Å². The number of aromatic nitrogens is 1. The van der Waals surface area contributed by atoms with E-state index in [9.17, 15) is 4.79 Å². The van der Waals surface area contributed by atoms with Gasteiger partial charge in [-0.3, -0.25) is 4.98 Å². The van der Waals surface area contributed by atoms with Gasteiger partial charge in [0.15, 0.2) is 0 Å². The summed E-state index contributed by atoms with van der Waals surface area (Å²) < 4.78 is 9.35. The lowest BCUT2D eigenvalue weighted by atomic mass is 10.2. The topological polar surface area (TPSA) is 48.9 Å². The van der Waals surface area contributed by atoms with Gasteiger partial charge < -0.3 is 13.9 Å². The van der Waals surface area contributed by atoms with Gasteiger partial charge >= 0.3 is 5.97 Å². The minimum atomic E-state index is -0.389. The van der Waals surface area contributed by atoms with E-state index < -0.39 is 0 Å². The molecule has 0 radical (unpaired) electrons. The zero-order chi connectivity index (χ0) is 22.1. The molecule has 0 aliphatic carbocycles. The third-order valence-electron chi connectivity index (χ3n) is 4.66. The molecule has 8 heteroatoms. The number of halogens is 1. The Kier molecular flexibility index (Phi) is 9.78. The van der Waals surface area contributed by atoms with Crippen molar-refractivity contribution in [1.82, 2.24) is 14.2 Å². The minimum absolute atomic E-state index is 0.385. The maximum absolute atomic E-state index is 11.6. The van der Waals surface area contributed by atoms with Crippen LogP contribution in [0.3, 0.4) is 0 Å². The fraction of sp³-hybridized carbons (Fsp3) is 0.409. The Morgan fingerprint density at radius 1 is 1.23 bits per heavy atom. The molecule has 1 aliphatic heterocycles. The maximum atomic E-state index is 11.6. The molecule has 0 amide bonds. The van der Waals surface area contributed by atoms with Gasteiger partial charge in [-0.1, -0.05) is 31.5 Å². The summed E-state index contributed by atoms with van der Waals surface area (Å²) in [6.07, 6.45) is 1.55. The van der Waals surface area contributed by atoms with Crippen LogP contribution in [-0.2, 0) is 11.3 Å². The fourth-order valence-corrected chi connectivity index (χ4v) is 4.65. The lowest BCUT2D eigenvalue weighted by Crippen LogP contribution is -2.43. The molecule has 6 nitrogen and oxygen atoms in total. The Labute approximate surface area is 187 Å². The molecule has 0 bridgehead atoms. The van der Waals surface area contributed by atoms with Crippen LogP contribution < -0.4 is 4.31 Å². The van der Waals surface area contributed by atoms with Crippen molar-refractivity contribution in [2.45, 2.75) is 20.4 Å². The predicted octanol–water partition coefficient (Wildman–Crippen LogP) is 4.33. The first-order valence-electron chi connectivity index (χ1n) is 10.0. The van der Waals surface area contributed by atoms with Crippen LogP contribution in [0.2, 0.25) is 5.02 Å². The van der Waals surface area contributed by atoms with E-state index in [0.717, 1.165) is 37.6 Å². The maximum Gasteiger partial charge on any atom is 0.339 e. The summed E-state index contributed by atoms with van der Waals surface area (Å²) in [5.41, 5.74) is 2.29. The molecule has 1 fully saturated rings. The summed E-state index contributed by atoms with van der Waals surface area (Å²) in [7, 11) is 3.12. The smallest absolute Gasteiger partial charge is 0.339 e. The van der Waals surface area contributed by atoms with Gasteiger partial charge in [0.2, 0.25) is 0 Å². The largest absolute Gasteiger partial charge is 0.465 e. The van der Waals surface area contributed by atoms with E-state index >= 15 is 0 Å². The Balaban J connectivity index is 0.00000155. The first kappa shape index (κ1) is 24.3. The molecular weight excluding hydrogens is 420 g/mol. The van der Waals surface area contributed by atoms with Crippen molar-refractivity contribution >= 4 is 40.0 Å². The van der Waals surface area contributed by atoms with Crippen LogP contribution in [0.4, 0.5) is 5.69 Å². The van der Waals surface area contributed by atoms with Crippen LogP contribution in [0.5, 0.6) is 0 Å². The first-order valence-corrected chi connectivity index (χ1v) is 11.7. The molecular formula is C22H31ClN4O2S. The second-order valence-electron chi connectivity index (χ2n) is 6.62. The number of carbonyl (C=O) groups is 1. The van der Waals surface area contributed by atoms with E-state index in [-0.39, 0.29) is 16.8 Å². The molecule has 2 aromatic rings. The SMILES string of the molecule is C=S(N1CCN(C)CC1)N(Cc1ccc(C(=O)OC)cn1)c1cccc(Cl)c1.CC. The highest BCUT2D eigenvalue weighted by Gasteiger charge is 2.21. The second kappa shape index (κ2) is 12.1. The Morgan fingerprint density at radius 2 is 1.93 bits per heavy atom. The van der Waals surface area contributed by atoms with E-state index in [2.05, 4.69) is 31.4 Å². The van der Waals surface area contributed by atoms with Crippen molar-refractivity contribution in [1.29, 1.82) is 0 Å². The van der Waals surface area contributed by atoms with Crippen molar-refractivity contribution in [3.8, 4) is 0 Å². The monoisotopic (exact) mass is 450 g/mol. The third kappa shape index (κ3) is 6.54. The van der Waals surface area contributed by atoms with Crippen LogP contribution in [0, 0.1) is 0 Å². The number of anilines is 1.